The zero-order chi connectivity index (χ0) is 12.3. The molecule has 0 radical (unpaired) electrons. The molecule has 84 valence electrons. The number of anilines is 1. The number of aromatic carboxylic acids is 2. The van der Waals surface area contributed by atoms with Crippen molar-refractivity contribution in [2.45, 2.75) is 0 Å². The molecule has 0 aliphatic heterocycles. The number of carboxylic acids is 2. The first-order valence-corrected chi connectivity index (χ1v) is 4.79. The molecule has 0 saturated carbocycles. The van der Waals surface area contributed by atoms with Crippen LogP contribution >= 0.6 is 0 Å². The lowest BCUT2D eigenvalue weighted by atomic mass is 10.0. The van der Waals surface area contributed by atoms with Crippen LogP contribution in [0.5, 0.6) is 0 Å². The Morgan fingerprint density at radius 1 is 1.25 bits per heavy atom. The van der Waals surface area contributed by atoms with Crippen molar-refractivity contribution in [1.29, 1.82) is 0 Å². The molecule has 0 saturated heterocycles. The van der Waals surface area contributed by atoms with Gasteiger partial charge in [-0.2, -0.15) is 0 Å². The van der Waals surface area contributed by atoms with E-state index in [1.807, 2.05) is 12.7 Å². The highest BCUT2D eigenvalue weighted by atomic mass is 16.4. The monoisotopic (exact) mass is 221 g/mol. The predicted molar refractivity (Wildman–Crippen MR) is 62.2 cm³/mol. The SMILES string of the molecule is BCN(C)c1ccc(C(=O)O)c(C(=O)O)c1. The fourth-order valence-corrected chi connectivity index (χ4v) is 1.32. The fraction of sp³-hybridized carbons (Fsp3) is 0.200. The van der Waals surface area contributed by atoms with E-state index in [0.29, 0.717) is 12.1 Å². The van der Waals surface area contributed by atoms with Crippen LogP contribution in [0.1, 0.15) is 20.7 Å². The summed E-state index contributed by atoms with van der Waals surface area (Å²) in [7, 11) is 3.73. The van der Waals surface area contributed by atoms with E-state index >= 15 is 0 Å². The molecule has 0 atom stereocenters. The summed E-state index contributed by atoms with van der Waals surface area (Å²) >= 11 is 0. The molecule has 0 aliphatic carbocycles. The summed E-state index contributed by atoms with van der Waals surface area (Å²) in [6.45, 7) is 0. The maximum absolute atomic E-state index is 10.9. The van der Waals surface area contributed by atoms with E-state index in [4.69, 9.17) is 10.2 Å². The van der Waals surface area contributed by atoms with Gasteiger partial charge < -0.3 is 15.1 Å². The van der Waals surface area contributed by atoms with Crippen molar-refractivity contribution >= 4 is 25.5 Å². The topological polar surface area (TPSA) is 77.8 Å². The Kier molecular flexibility index (Phi) is 3.55. The Morgan fingerprint density at radius 3 is 2.25 bits per heavy atom. The smallest absolute Gasteiger partial charge is 0.336 e. The molecule has 1 aromatic rings. The van der Waals surface area contributed by atoms with Crippen LogP contribution in [0.3, 0.4) is 0 Å². The first kappa shape index (κ1) is 12.1. The molecule has 6 heteroatoms. The summed E-state index contributed by atoms with van der Waals surface area (Å²) in [5.41, 5.74) is 0.302. The third kappa shape index (κ3) is 2.33. The van der Waals surface area contributed by atoms with Gasteiger partial charge in [0.2, 0.25) is 0 Å². The molecular weight excluding hydrogens is 209 g/mol. The Bertz CT molecular complexity index is 433. The molecular formula is C10H12BNO4. The van der Waals surface area contributed by atoms with Crippen molar-refractivity contribution in [3.63, 3.8) is 0 Å². The van der Waals surface area contributed by atoms with Gasteiger partial charge in [0, 0.05) is 12.7 Å². The van der Waals surface area contributed by atoms with E-state index < -0.39 is 11.9 Å². The van der Waals surface area contributed by atoms with Gasteiger partial charge in [-0.3, -0.25) is 0 Å². The largest absolute Gasteiger partial charge is 0.478 e. The van der Waals surface area contributed by atoms with Gasteiger partial charge in [0.05, 0.1) is 11.1 Å². The van der Waals surface area contributed by atoms with Gasteiger partial charge in [0.15, 0.2) is 0 Å². The maximum atomic E-state index is 10.9. The van der Waals surface area contributed by atoms with Gasteiger partial charge in [0.1, 0.15) is 7.85 Å². The summed E-state index contributed by atoms with van der Waals surface area (Å²) in [4.78, 5) is 23.5. The Balaban J connectivity index is 3.28. The second-order valence-corrected chi connectivity index (χ2v) is 3.35. The minimum atomic E-state index is -1.23. The quantitative estimate of drug-likeness (QED) is 0.705. The van der Waals surface area contributed by atoms with Crippen molar-refractivity contribution in [2.75, 3.05) is 18.4 Å². The molecule has 0 spiro atoms. The number of carbonyl (C=O) groups is 2. The number of nitrogens with zero attached hydrogens (tertiary/aromatic N) is 1. The Labute approximate surface area is 93.7 Å². The highest BCUT2D eigenvalue weighted by Gasteiger charge is 2.16. The van der Waals surface area contributed by atoms with Crippen molar-refractivity contribution in [1.82, 2.24) is 0 Å². The van der Waals surface area contributed by atoms with Gasteiger partial charge in [-0.25, -0.2) is 9.59 Å². The molecule has 0 heterocycles. The van der Waals surface area contributed by atoms with Crippen LogP contribution in [0.4, 0.5) is 5.69 Å². The second-order valence-electron chi connectivity index (χ2n) is 3.35. The number of rotatable bonds is 4. The molecule has 1 rings (SSSR count). The molecule has 0 aliphatic rings. The zero-order valence-corrected chi connectivity index (χ0v) is 9.10. The predicted octanol–water partition coefficient (Wildman–Crippen LogP) is 0.110. The minimum Gasteiger partial charge on any atom is -0.478 e. The summed E-state index contributed by atoms with van der Waals surface area (Å²) in [6.07, 6.45) is 0.714. The summed E-state index contributed by atoms with van der Waals surface area (Å²) < 4.78 is 0. The van der Waals surface area contributed by atoms with Crippen molar-refractivity contribution < 1.29 is 19.8 Å². The van der Waals surface area contributed by atoms with E-state index in [-0.39, 0.29) is 11.1 Å². The van der Waals surface area contributed by atoms with E-state index in [9.17, 15) is 9.59 Å². The summed E-state index contributed by atoms with van der Waals surface area (Å²) in [5.74, 6) is -2.47. The van der Waals surface area contributed by atoms with Crippen LogP contribution in [0, 0.1) is 0 Å². The van der Waals surface area contributed by atoms with Crippen LogP contribution < -0.4 is 4.90 Å². The lowest BCUT2D eigenvalue weighted by molar-refractivity contribution is 0.0651. The van der Waals surface area contributed by atoms with E-state index in [0.717, 1.165) is 0 Å². The standard InChI is InChI=1S/C10H12BNO4/c1-12(5-11)6-2-3-7(9(13)14)8(4-6)10(15)16/h2-4H,5,11H2,1H3,(H,13,14)(H,15,16). The molecule has 0 bridgehead atoms. The molecule has 0 aromatic heterocycles. The third-order valence-electron chi connectivity index (χ3n) is 2.38. The number of carboxylic acid groups (broad SMARTS) is 2. The molecule has 0 unspecified atom stereocenters. The Morgan fingerprint density at radius 2 is 1.81 bits per heavy atom. The number of hydrogen-bond donors (Lipinski definition) is 2. The van der Waals surface area contributed by atoms with E-state index in [1.165, 1.54) is 12.1 Å². The highest BCUT2D eigenvalue weighted by molar-refractivity contribution is 6.10. The normalized spacial score (nSPS) is 9.81. The third-order valence-corrected chi connectivity index (χ3v) is 2.38. The molecule has 5 nitrogen and oxygen atoms in total. The molecule has 16 heavy (non-hydrogen) atoms. The molecule has 0 amide bonds. The van der Waals surface area contributed by atoms with Crippen LogP contribution in [0.2, 0.25) is 0 Å². The lowest BCUT2D eigenvalue weighted by Crippen LogP contribution is -2.19. The Hall–Kier alpha value is -1.98. The number of hydrogen-bond acceptors (Lipinski definition) is 3. The maximum Gasteiger partial charge on any atom is 0.336 e. The van der Waals surface area contributed by atoms with E-state index in [2.05, 4.69) is 0 Å². The van der Waals surface area contributed by atoms with Gasteiger partial charge in [-0.15, -0.1) is 0 Å². The highest BCUT2D eigenvalue weighted by Crippen LogP contribution is 2.18. The van der Waals surface area contributed by atoms with Gasteiger partial charge in [-0.1, -0.05) is 0 Å². The summed E-state index contributed by atoms with van der Waals surface area (Å²) in [5, 5.41) is 17.7. The average Bonchev–Trinajstić information content (AvgIpc) is 2.26. The van der Waals surface area contributed by atoms with Crippen LogP contribution in [-0.4, -0.2) is 43.5 Å². The van der Waals surface area contributed by atoms with Crippen molar-refractivity contribution in [2.24, 2.45) is 0 Å². The second kappa shape index (κ2) is 4.70. The lowest BCUT2D eigenvalue weighted by Gasteiger charge is -2.17. The van der Waals surface area contributed by atoms with Crippen LogP contribution in [-0.2, 0) is 0 Å². The van der Waals surface area contributed by atoms with Gasteiger partial charge >= 0.3 is 11.9 Å². The van der Waals surface area contributed by atoms with E-state index in [1.54, 1.807) is 13.1 Å². The zero-order valence-electron chi connectivity index (χ0n) is 9.10. The number of benzene rings is 1. The van der Waals surface area contributed by atoms with Crippen molar-refractivity contribution in [3.05, 3.63) is 29.3 Å². The average molecular weight is 221 g/mol. The van der Waals surface area contributed by atoms with Gasteiger partial charge in [-0.05, 0) is 24.6 Å². The minimum absolute atomic E-state index is 0.190. The van der Waals surface area contributed by atoms with Crippen LogP contribution in [0.25, 0.3) is 0 Å². The molecule has 2 N–H and O–H groups in total. The van der Waals surface area contributed by atoms with Crippen molar-refractivity contribution in [3.8, 4) is 0 Å². The van der Waals surface area contributed by atoms with Gasteiger partial charge in [0.25, 0.3) is 0 Å². The molecule has 1 aromatic carbocycles. The first-order chi connectivity index (χ1) is 7.47. The molecule has 0 fully saturated rings. The fourth-order valence-electron chi connectivity index (χ4n) is 1.32. The first-order valence-electron chi connectivity index (χ1n) is 4.79. The summed E-state index contributed by atoms with van der Waals surface area (Å²) in [6, 6.07) is 4.28. The van der Waals surface area contributed by atoms with Crippen LogP contribution in [0.15, 0.2) is 18.2 Å².